The fourth-order valence-electron chi connectivity index (χ4n) is 4.84. The number of carbonyl (C=O) groups excluding carboxylic acids is 1. The van der Waals surface area contributed by atoms with Gasteiger partial charge in [0, 0.05) is 38.4 Å². The van der Waals surface area contributed by atoms with Gasteiger partial charge in [-0.3, -0.25) is 9.78 Å². The zero-order chi connectivity index (χ0) is 26.4. The van der Waals surface area contributed by atoms with Gasteiger partial charge >= 0.3 is 5.97 Å². The largest absolute Gasteiger partial charge is 0.469 e. The number of pyridine rings is 1. The van der Waals surface area contributed by atoms with E-state index >= 15 is 0 Å². The second-order valence-electron chi connectivity index (χ2n) is 11.4. The number of ether oxygens (including phenoxy) is 2. The number of carbonyl (C=O) groups is 1. The molecule has 0 aliphatic heterocycles. The number of aromatic nitrogens is 4. The van der Waals surface area contributed by atoms with Crippen LogP contribution in [0.5, 0.6) is 0 Å². The second-order valence-corrected chi connectivity index (χ2v) is 17.0. The maximum atomic E-state index is 11.6. The molecule has 1 aromatic carbocycles. The predicted molar refractivity (Wildman–Crippen MR) is 149 cm³/mol. The van der Waals surface area contributed by atoms with Gasteiger partial charge in [0.2, 0.25) is 0 Å². The summed E-state index contributed by atoms with van der Waals surface area (Å²) in [4.78, 5) is 20.9. The first-order valence-electron chi connectivity index (χ1n) is 13.3. The first kappa shape index (κ1) is 27.2. The molecule has 0 saturated heterocycles. The molecule has 0 amide bonds. The fourth-order valence-corrected chi connectivity index (χ4v) is 5.59. The Kier molecular flexibility index (Phi) is 8.92. The molecule has 0 atom stereocenters. The van der Waals surface area contributed by atoms with E-state index in [1.807, 2.05) is 29.9 Å². The topological polar surface area (TPSA) is 79.1 Å². The van der Waals surface area contributed by atoms with Crippen molar-refractivity contribution in [3.63, 3.8) is 0 Å². The molecule has 1 aliphatic carbocycles. The molecule has 2 heterocycles. The van der Waals surface area contributed by atoms with Crippen molar-refractivity contribution in [3.05, 3.63) is 54.0 Å². The third kappa shape index (κ3) is 7.58. The van der Waals surface area contributed by atoms with Crippen LogP contribution in [0.1, 0.15) is 49.4 Å². The Morgan fingerprint density at radius 1 is 1.03 bits per heavy atom. The standard InChI is InChI=1S/C29H40N4O3Si/c1-21-31-29(32-33(21)20-36-16-17-37(3,4)5)26-14-15-27(30-19-26)25-12-10-24(11-13-25)23-8-6-22(7-9-23)18-28(34)35-2/h10-15,19,22-23H,6-9,16-18,20H2,1-5H3/t22-,23-. The van der Waals surface area contributed by atoms with E-state index in [0.717, 1.165) is 61.0 Å². The first-order valence-corrected chi connectivity index (χ1v) is 17.1. The average Bonchev–Trinajstić information content (AvgIpc) is 3.27. The summed E-state index contributed by atoms with van der Waals surface area (Å²) in [5.74, 6) is 2.43. The second kappa shape index (κ2) is 12.1. The van der Waals surface area contributed by atoms with Crippen LogP contribution in [-0.2, 0) is 21.0 Å². The van der Waals surface area contributed by atoms with Crippen LogP contribution >= 0.6 is 0 Å². The van der Waals surface area contributed by atoms with Gasteiger partial charge in [-0.15, -0.1) is 5.10 Å². The van der Waals surface area contributed by atoms with E-state index in [9.17, 15) is 4.79 Å². The molecule has 0 spiro atoms. The minimum atomic E-state index is -1.10. The van der Waals surface area contributed by atoms with Gasteiger partial charge in [0.15, 0.2) is 5.82 Å². The minimum Gasteiger partial charge on any atom is -0.469 e. The Morgan fingerprint density at radius 2 is 1.73 bits per heavy atom. The van der Waals surface area contributed by atoms with Crippen molar-refractivity contribution in [1.82, 2.24) is 19.7 Å². The highest BCUT2D eigenvalue weighted by Crippen LogP contribution is 2.37. The van der Waals surface area contributed by atoms with E-state index < -0.39 is 8.07 Å². The number of nitrogens with zero attached hydrogens (tertiary/aromatic N) is 4. The van der Waals surface area contributed by atoms with Crippen molar-refractivity contribution in [3.8, 4) is 22.6 Å². The molecule has 37 heavy (non-hydrogen) atoms. The molecule has 0 N–H and O–H groups in total. The van der Waals surface area contributed by atoms with Gasteiger partial charge in [0.1, 0.15) is 12.6 Å². The first-order chi connectivity index (χ1) is 17.7. The van der Waals surface area contributed by atoms with E-state index in [4.69, 9.17) is 14.5 Å². The number of esters is 1. The van der Waals surface area contributed by atoms with Crippen molar-refractivity contribution in [2.24, 2.45) is 5.92 Å². The van der Waals surface area contributed by atoms with Crippen molar-refractivity contribution in [1.29, 1.82) is 0 Å². The maximum absolute atomic E-state index is 11.6. The van der Waals surface area contributed by atoms with Crippen LogP contribution in [0.15, 0.2) is 42.6 Å². The number of rotatable bonds is 10. The third-order valence-corrected chi connectivity index (χ3v) is 9.00. The number of benzene rings is 1. The van der Waals surface area contributed by atoms with Crippen molar-refractivity contribution in [2.75, 3.05) is 13.7 Å². The third-order valence-electron chi connectivity index (χ3n) is 7.30. The summed E-state index contributed by atoms with van der Waals surface area (Å²) in [5, 5.41) is 4.63. The van der Waals surface area contributed by atoms with Crippen LogP contribution in [-0.4, -0.2) is 47.5 Å². The Morgan fingerprint density at radius 3 is 2.35 bits per heavy atom. The summed E-state index contributed by atoms with van der Waals surface area (Å²) in [5.41, 5.74) is 4.30. The van der Waals surface area contributed by atoms with Crippen LogP contribution in [0, 0.1) is 12.8 Å². The average molecular weight is 521 g/mol. The Bertz CT molecular complexity index is 1160. The van der Waals surface area contributed by atoms with Crippen LogP contribution < -0.4 is 0 Å². The highest BCUT2D eigenvalue weighted by molar-refractivity contribution is 6.76. The van der Waals surface area contributed by atoms with Crippen LogP contribution in [0.2, 0.25) is 25.7 Å². The smallest absolute Gasteiger partial charge is 0.305 e. The van der Waals surface area contributed by atoms with Gasteiger partial charge in [0.05, 0.1) is 12.8 Å². The minimum absolute atomic E-state index is 0.0903. The van der Waals surface area contributed by atoms with Crippen LogP contribution in [0.3, 0.4) is 0 Å². The van der Waals surface area contributed by atoms with E-state index in [1.54, 1.807) is 0 Å². The van der Waals surface area contributed by atoms with Crippen LogP contribution in [0.25, 0.3) is 22.6 Å². The van der Waals surface area contributed by atoms with E-state index in [0.29, 0.717) is 30.8 Å². The lowest BCUT2D eigenvalue weighted by Crippen LogP contribution is -2.22. The normalized spacial score (nSPS) is 18.1. The quantitative estimate of drug-likeness (QED) is 0.173. The summed E-state index contributed by atoms with van der Waals surface area (Å²) in [6, 6.07) is 14.0. The SMILES string of the molecule is COC(=O)C[C@H]1CC[C@H](c2ccc(-c3ccc(-c4nc(C)n(COCC[Si](C)(C)C)n4)cn3)cc2)CC1. The van der Waals surface area contributed by atoms with Crippen molar-refractivity contribution < 1.29 is 14.3 Å². The summed E-state index contributed by atoms with van der Waals surface area (Å²) >= 11 is 0. The zero-order valence-corrected chi connectivity index (χ0v) is 23.9. The lowest BCUT2D eigenvalue weighted by molar-refractivity contribution is -0.142. The zero-order valence-electron chi connectivity index (χ0n) is 22.9. The fraction of sp³-hybridized carbons (Fsp3) is 0.517. The molecule has 0 bridgehead atoms. The Labute approximate surface area is 221 Å². The monoisotopic (exact) mass is 520 g/mol. The highest BCUT2D eigenvalue weighted by atomic mass is 28.3. The van der Waals surface area contributed by atoms with Crippen LogP contribution in [0.4, 0.5) is 0 Å². The summed E-state index contributed by atoms with van der Waals surface area (Å²) in [7, 11) is 0.365. The van der Waals surface area contributed by atoms with Crippen molar-refractivity contribution >= 4 is 14.0 Å². The summed E-state index contributed by atoms with van der Waals surface area (Å²) in [6.45, 7) is 10.2. The molecule has 0 unspecified atom stereocenters. The summed E-state index contributed by atoms with van der Waals surface area (Å²) in [6.07, 6.45) is 6.80. The van der Waals surface area contributed by atoms with Gasteiger partial charge in [-0.25, -0.2) is 9.67 Å². The Balaban J connectivity index is 1.33. The summed E-state index contributed by atoms with van der Waals surface area (Å²) < 4.78 is 12.5. The molecule has 7 nitrogen and oxygen atoms in total. The van der Waals surface area contributed by atoms with Gasteiger partial charge in [0.25, 0.3) is 0 Å². The van der Waals surface area contributed by atoms with Gasteiger partial charge in [-0.1, -0.05) is 43.9 Å². The molecule has 0 radical (unpaired) electrons. The van der Waals surface area contributed by atoms with E-state index in [2.05, 4.69) is 54.0 Å². The van der Waals surface area contributed by atoms with Gasteiger partial charge < -0.3 is 9.47 Å². The molecule has 4 rings (SSSR count). The molecular weight excluding hydrogens is 480 g/mol. The highest BCUT2D eigenvalue weighted by Gasteiger charge is 2.24. The molecule has 2 aromatic heterocycles. The lowest BCUT2D eigenvalue weighted by atomic mass is 9.77. The van der Waals surface area contributed by atoms with E-state index in [-0.39, 0.29) is 5.97 Å². The molecule has 1 aliphatic rings. The number of hydrogen-bond acceptors (Lipinski definition) is 6. The Hall–Kier alpha value is -2.84. The molecule has 8 heteroatoms. The molecule has 1 saturated carbocycles. The number of methoxy groups -OCH3 is 1. The number of hydrogen-bond donors (Lipinski definition) is 0. The van der Waals surface area contributed by atoms with Crippen molar-refractivity contribution in [2.45, 2.75) is 77.4 Å². The van der Waals surface area contributed by atoms with Gasteiger partial charge in [-0.05, 0) is 68.2 Å². The molecule has 198 valence electrons. The number of aryl methyl sites for hydroxylation is 1. The molecule has 1 fully saturated rings. The molecular formula is C29H40N4O3Si. The molecule has 3 aromatic rings. The van der Waals surface area contributed by atoms with Gasteiger partial charge in [-0.2, -0.15) is 0 Å². The maximum Gasteiger partial charge on any atom is 0.305 e. The predicted octanol–water partition coefficient (Wildman–Crippen LogP) is 6.46. The lowest BCUT2D eigenvalue weighted by Gasteiger charge is -2.28. The van der Waals surface area contributed by atoms with E-state index in [1.165, 1.54) is 12.7 Å².